The Bertz CT molecular complexity index is 421. The van der Waals surface area contributed by atoms with E-state index in [1.807, 2.05) is 0 Å². The van der Waals surface area contributed by atoms with E-state index in [0.29, 0.717) is 25.7 Å². The predicted octanol–water partition coefficient (Wildman–Crippen LogP) is 0.133. The number of carboxylic acids is 1. The fourth-order valence-corrected chi connectivity index (χ4v) is 3.89. The number of nitrogens with zero attached hydrogens (tertiary/aromatic N) is 1. The second-order valence-corrected chi connectivity index (χ2v) is 7.19. The van der Waals surface area contributed by atoms with E-state index in [1.54, 1.807) is 14.1 Å². The average molecular weight is 277 g/mol. The van der Waals surface area contributed by atoms with Crippen LogP contribution in [0.25, 0.3) is 0 Å². The van der Waals surface area contributed by atoms with Crippen LogP contribution in [0.1, 0.15) is 25.7 Å². The third kappa shape index (κ3) is 3.69. The summed E-state index contributed by atoms with van der Waals surface area (Å²) in [7, 11) is -0.224. The second-order valence-electron chi connectivity index (χ2n) is 4.91. The van der Waals surface area contributed by atoms with Crippen LogP contribution in [0.4, 0.5) is 0 Å². The lowest BCUT2D eigenvalue weighted by molar-refractivity contribution is -0.135. The third-order valence-electron chi connectivity index (χ3n) is 3.30. The molecule has 1 amide bonds. The van der Waals surface area contributed by atoms with Crippen LogP contribution in [-0.4, -0.2) is 55.4 Å². The van der Waals surface area contributed by atoms with Crippen LogP contribution < -0.4 is 0 Å². The van der Waals surface area contributed by atoms with Crippen molar-refractivity contribution >= 4 is 21.7 Å². The highest BCUT2D eigenvalue weighted by Gasteiger charge is 2.34. The van der Waals surface area contributed by atoms with Gasteiger partial charge < -0.3 is 10.0 Å². The summed E-state index contributed by atoms with van der Waals surface area (Å²) in [6.45, 7) is 0. The molecule has 0 aromatic rings. The molecule has 7 heteroatoms. The zero-order valence-electron chi connectivity index (χ0n) is 10.6. The van der Waals surface area contributed by atoms with Crippen molar-refractivity contribution in [2.75, 3.05) is 19.8 Å². The molecule has 0 unspecified atom stereocenters. The topological polar surface area (TPSA) is 91.8 Å². The maximum Gasteiger partial charge on any atom is 0.318 e. The van der Waals surface area contributed by atoms with Crippen molar-refractivity contribution in [1.82, 2.24) is 4.90 Å². The summed E-state index contributed by atoms with van der Waals surface area (Å²) in [5, 5.41) is 7.94. The molecule has 0 saturated heterocycles. The number of carbonyl (C=O) groups excluding carboxylic acids is 1. The third-order valence-corrected chi connectivity index (χ3v) is 5.43. The SMILES string of the molecule is CN(C)C(=O)C1CCC(S(=O)(=O)CC(=O)O)CC1. The molecule has 0 radical (unpaired) electrons. The van der Waals surface area contributed by atoms with Crippen LogP contribution in [-0.2, 0) is 19.4 Å². The van der Waals surface area contributed by atoms with E-state index < -0.39 is 26.8 Å². The molecule has 0 spiro atoms. The summed E-state index contributed by atoms with van der Waals surface area (Å²) in [6, 6.07) is 0. The molecule has 1 saturated carbocycles. The van der Waals surface area contributed by atoms with Crippen molar-refractivity contribution in [1.29, 1.82) is 0 Å². The van der Waals surface area contributed by atoms with Gasteiger partial charge in [0.1, 0.15) is 5.75 Å². The molecule has 0 aromatic heterocycles. The summed E-state index contributed by atoms with van der Waals surface area (Å²) in [5.74, 6) is -2.24. The van der Waals surface area contributed by atoms with Crippen molar-refractivity contribution < 1.29 is 23.1 Å². The summed E-state index contributed by atoms with van der Waals surface area (Å²) in [5.41, 5.74) is 0. The number of amides is 1. The minimum Gasteiger partial charge on any atom is -0.480 e. The minimum absolute atomic E-state index is 0.0177. The first kappa shape index (κ1) is 14.9. The van der Waals surface area contributed by atoms with E-state index in [2.05, 4.69) is 0 Å². The van der Waals surface area contributed by atoms with Gasteiger partial charge in [0.2, 0.25) is 5.91 Å². The molecule has 18 heavy (non-hydrogen) atoms. The van der Waals surface area contributed by atoms with Gasteiger partial charge in [-0.15, -0.1) is 0 Å². The highest BCUT2D eigenvalue weighted by molar-refractivity contribution is 7.92. The molecule has 0 atom stereocenters. The molecular weight excluding hydrogens is 258 g/mol. The van der Waals surface area contributed by atoms with E-state index in [0.717, 1.165) is 0 Å². The van der Waals surface area contributed by atoms with Crippen molar-refractivity contribution in [2.24, 2.45) is 5.92 Å². The predicted molar refractivity (Wildman–Crippen MR) is 65.9 cm³/mol. The average Bonchev–Trinajstić information content (AvgIpc) is 2.26. The number of carboxylic acid groups (broad SMARTS) is 1. The van der Waals surface area contributed by atoms with Crippen molar-refractivity contribution in [3.05, 3.63) is 0 Å². The molecule has 104 valence electrons. The Kier molecular flexibility index (Phi) is 4.72. The molecule has 0 bridgehead atoms. The number of rotatable bonds is 4. The maximum atomic E-state index is 11.7. The van der Waals surface area contributed by atoms with Crippen LogP contribution in [0.15, 0.2) is 0 Å². The Morgan fingerprint density at radius 2 is 1.67 bits per heavy atom. The highest BCUT2D eigenvalue weighted by Crippen LogP contribution is 2.29. The van der Waals surface area contributed by atoms with Gasteiger partial charge in [-0.2, -0.15) is 0 Å². The lowest BCUT2D eigenvalue weighted by Crippen LogP contribution is -2.36. The van der Waals surface area contributed by atoms with Crippen molar-refractivity contribution in [2.45, 2.75) is 30.9 Å². The molecule has 0 aliphatic heterocycles. The van der Waals surface area contributed by atoms with E-state index in [-0.39, 0.29) is 11.8 Å². The Hall–Kier alpha value is -1.11. The highest BCUT2D eigenvalue weighted by atomic mass is 32.2. The van der Waals surface area contributed by atoms with Crippen molar-refractivity contribution in [3.8, 4) is 0 Å². The standard InChI is InChI=1S/C11H19NO5S/c1-12(2)11(15)8-3-5-9(6-4-8)18(16,17)7-10(13)14/h8-9H,3-7H2,1-2H3,(H,13,14). The molecule has 1 fully saturated rings. The lowest BCUT2D eigenvalue weighted by Gasteiger charge is -2.28. The van der Waals surface area contributed by atoms with E-state index in [9.17, 15) is 18.0 Å². The van der Waals surface area contributed by atoms with Gasteiger partial charge in [-0.1, -0.05) is 0 Å². The van der Waals surface area contributed by atoms with E-state index in [4.69, 9.17) is 5.11 Å². The first-order valence-electron chi connectivity index (χ1n) is 5.88. The molecular formula is C11H19NO5S. The van der Waals surface area contributed by atoms with Crippen LogP contribution in [0.2, 0.25) is 0 Å². The Balaban J connectivity index is 2.59. The molecule has 1 N–H and O–H groups in total. The van der Waals surface area contributed by atoms with Gasteiger partial charge in [-0.3, -0.25) is 9.59 Å². The van der Waals surface area contributed by atoms with Gasteiger partial charge in [0.05, 0.1) is 5.25 Å². The summed E-state index contributed by atoms with van der Waals surface area (Å²) in [4.78, 5) is 23.7. The number of sulfone groups is 1. The van der Waals surface area contributed by atoms with Gasteiger partial charge in [0.25, 0.3) is 0 Å². The van der Waals surface area contributed by atoms with Gasteiger partial charge in [0, 0.05) is 20.0 Å². The Labute approximate surface area is 107 Å². The first-order chi connectivity index (χ1) is 8.24. The number of hydrogen-bond donors (Lipinski definition) is 1. The lowest BCUT2D eigenvalue weighted by atomic mass is 9.88. The van der Waals surface area contributed by atoms with Gasteiger partial charge in [-0.25, -0.2) is 8.42 Å². The molecule has 1 rings (SSSR count). The summed E-state index contributed by atoms with van der Waals surface area (Å²) < 4.78 is 23.5. The molecule has 0 aromatic carbocycles. The smallest absolute Gasteiger partial charge is 0.318 e. The molecule has 0 heterocycles. The number of hydrogen-bond acceptors (Lipinski definition) is 4. The van der Waals surface area contributed by atoms with Crippen LogP contribution in [0.3, 0.4) is 0 Å². The zero-order chi connectivity index (χ0) is 13.9. The van der Waals surface area contributed by atoms with Crippen molar-refractivity contribution in [3.63, 3.8) is 0 Å². The summed E-state index contributed by atoms with van der Waals surface area (Å²) in [6.07, 6.45) is 1.78. The van der Waals surface area contributed by atoms with E-state index >= 15 is 0 Å². The minimum atomic E-state index is -3.58. The number of carbonyl (C=O) groups is 2. The maximum absolute atomic E-state index is 11.7. The number of aliphatic carboxylic acids is 1. The molecule has 6 nitrogen and oxygen atoms in total. The van der Waals surface area contributed by atoms with Crippen LogP contribution >= 0.6 is 0 Å². The first-order valence-corrected chi connectivity index (χ1v) is 7.60. The fraction of sp³-hybridized carbons (Fsp3) is 0.818. The van der Waals surface area contributed by atoms with Gasteiger partial charge in [-0.05, 0) is 25.7 Å². The normalized spacial score (nSPS) is 24.6. The largest absolute Gasteiger partial charge is 0.480 e. The van der Waals surface area contributed by atoms with Gasteiger partial charge in [0.15, 0.2) is 9.84 Å². The second kappa shape index (κ2) is 5.69. The van der Waals surface area contributed by atoms with Gasteiger partial charge >= 0.3 is 5.97 Å². The summed E-state index contributed by atoms with van der Waals surface area (Å²) >= 11 is 0. The van der Waals surface area contributed by atoms with Crippen LogP contribution in [0.5, 0.6) is 0 Å². The fourth-order valence-electron chi connectivity index (χ4n) is 2.32. The molecule has 1 aliphatic carbocycles. The monoisotopic (exact) mass is 277 g/mol. The molecule has 1 aliphatic rings. The quantitative estimate of drug-likeness (QED) is 0.788. The zero-order valence-corrected chi connectivity index (χ0v) is 11.4. The van der Waals surface area contributed by atoms with E-state index in [1.165, 1.54) is 4.90 Å². The Morgan fingerprint density at radius 1 is 1.17 bits per heavy atom. The Morgan fingerprint density at radius 3 is 2.06 bits per heavy atom. The van der Waals surface area contributed by atoms with Crippen LogP contribution in [0, 0.1) is 5.92 Å².